The van der Waals surface area contributed by atoms with Crippen LogP contribution in [0.4, 0.5) is 0 Å². The molecule has 0 saturated carbocycles. The van der Waals surface area contributed by atoms with Gasteiger partial charge < -0.3 is 0 Å². The van der Waals surface area contributed by atoms with E-state index in [4.69, 9.17) is 0 Å². The summed E-state index contributed by atoms with van der Waals surface area (Å²) in [4.78, 5) is 1.14. The fourth-order valence-corrected chi connectivity index (χ4v) is 1.21. The minimum absolute atomic E-state index is 0.995. The van der Waals surface area contributed by atoms with E-state index in [-0.39, 0.29) is 0 Å². The molecule has 0 rings (SSSR count). The molecule has 0 fully saturated rings. The first-order valence-electron chi connectivity index (χ1n) is 3.31. The van der Waals surface area contributed by atoms with E-state index in [1.165, 1.54) is 5.57 Å². The molecular formula is C7H12INS. The quantitative estimate of drug-likeness (QED) is 0.458. The molecule has 0 bridgehead atoms. The van der Waals surface area contributed by atoms with Crippen LogP contribution in [0, 0.1) is 0 Å². The van der Waals surface area contributed by atoms with Gasteiger partial charge in [-0.2, -0.15) is 0 Å². The molecule has 10 heavy (non-hydrogen) atoms. The molecule has 0 aliphatic heterocycles. The highest BCUT2D eigenvalue weighted by Gasteiger charge is 1.94. The summed E-state index contributed by atoms with van der Waals surface area (Å²) in [6.45, 7) is 4.21. The molecule has 0 saturated heterocycles. The zero-order chi connectivity index (χ0) is 7.98. The second-order valence-corrected chi connectivity index (χ2v) is 3.00. The topological polar surface area (TPSA) is 12.4 Å². The number of nitrogens with zero attached hydrogens (tertiary/aromatic N) is 1. The Morgan fingerprint density at radius 1 is 1.50 bits per heavy atom. The van der Waals surface area contributed by atoms with Crippen molar-refractivity contribution in [1.82, 2.24) is 0 Å². The van der Waals surface area contributed by atoms with E-state index < -0.39 is 0 Å². The van der Waals surface area contributed by atoms with Gasteiger partial charge in [0.25, 0.3) is 0 Å². The maximum atomic E-state index is 4.32. The first-order valence-corrected chi connectivity index (χ1v) is 4.72. The lowest BCUT2D eigenvalue weighted by Gasteiger charge is -1.99. The first kappa shape index (κ1) is 10.5. The van der Waals surface area contributed by atoms with Gasteiger partial charge in [0.15, 0.2) is 0 Å². The summed E-state index contributed by atoms with van der Waals surface area (Å²) in [5.41, 5.74) is 1.24. The molecule has 1 nitrogen and oxygen atoms in total. The van der Waals surface area contributed by atoms with Gasteiger partial charge >= 0.3 is 0 Å². The molecule has 0 aromatic carbocycles. The van der Waals surface area contributed by atoms with Crippen LogP contribution < -0.4 is 0 Å². The molecule has 0 aromatic rings. The summed E-state index contributed by atoms with van der Waals surface area (Å²) in [7, 11) is 0. The standard InChI is InChI=1S/C7H12INS/c1-3-6(5-9-8)7(10)4-2/h5,10H,3-4H2,1-2H3/b7-6-,9-5-. The highest BCUT2D eigenvalue weighted by atomic mass is 127. The maximum absolute atomic E-state index is 4.32. The van der Waals surface area contributed by atoms with E-state index >= 15 is 0 Å². The number of rotatable bonds is 3. The van der Waals surface area contributed by atoms with Crippen LogP contribution in [0.1, 0.15) is 26.7 Å². The SMILES string of the molecule is CC/C(S)=C(/C=N\I)CC. The lowest BCUT2D eigenvalue weighted by molar-refractivity contribution is 1.11. The molecule has 0 aliphatic carbocycles. The van der Waals surface area contributed by atoms with Crippen LogP contribution in [0.15, 0.2) is 13.7 Å². The molecular weight excluding hydrogens is 257 g/mol. The van der Waals surface area contributed by atoms with Crippen molar-refractivity contribution in [2.45, 2.75) is 26.7 Å². The van der Waals surface area contributed by atoms with Crippen LogP contribution in [0.2, 0.25) is 0 Å². The molecule has 0 amide bonds. The number of hydrogen-bond donors (Lipinski definition) is 1. The molecule has 0 radical (unpaired) electrons. The van der Waals surface area contributed by atoms with Crippen LogP contribution in [-0.2, 0) is 0 Å². The number of thiol groups is 1. The molecule has 0 spiro atoms. The molecule has 0 aromatic heterocycles. The Morgan fingerprint density at radius 3 is 2.40 bits per heavy atom. The number of halogens is 1. The van der Waals surface area contributed by atoms with Gasteiger partial charge in [-0.3, -0.25) is 0 Å². The summed E-state index contributed by atoms with van der Waals surface area (Å²) in [5.74, 6) is 0. The van der Waals surface area contributed by atoms with E-state index in [1.807, 2.05) is 29.1 Å². The predicted molar refractivity (Wildman–Crippen MR) is 59.1 cm³/mol. The molecule has 0 unspecified atom stereocenters. The highest BCUT2D eigenvalue weighted by Crippen LogP contribution is 2.14. The highest BCUT2D eigenvalue weighted by molar-refractivity contribution is 14.1. The van der Waals surface area contributed by atoms with Crippen molar-refractivity contribution < 1.29 is 0 Å². The Balaban J connectivity index is 4.29. The van der Waals surface area contributed by atoms with Crippen LogP contribution in [0.5, 0.6) is 0 Å². The lowest BCUT2D eigenvalue weighted by Crippen LogP contribution is -1.84. The summed E-state index contributed by atoms with van der Waals surface area (Å²) in [6.07, 6.45) is 3.88. The summed E-state index contributed by atoms with van der Waals surface area (Å²) < 4.78 is 3.91. The number of hydrogen-bond acceptors (Lipinski definition) is 2. The van der Waals surface area contributed by atoms with Crippen LogP contribution in [-0.4, -0.2) is 6.21 Å². The smallest absolute Gasteiger partial charge is 0.0831 e. The van der Waals surface area contributed by atoms with Gasteiger partial charge in [-0.1, -0.05) is 13.8 Å². The molecule has 3 heteroatoms. The fraction of sp³-hybridized carbons (Fsp3) is 0.571. The molecule has 0 N–H and O–H groups in total. The summed E-state index contributed by atoms with van der Waals surface area (Å²) in [6, 6.07) is 0. The zero-order valence-electron chi connectivity index (χ0n) is 6.26. The Bertz CT molecular complexity index is 152. The average molecular weight is 269 g/mol. The van der Waals surface area contributed by atoms with Crippen molar-refractivity contribution in [3.8, 4) is 0 Å². The third kappa shape index (κ3) is 3.61. The Labute approximate surface area is 81.9 Å². The zero-order valence-corrected chi connectivity index (χ0v) is 9.32. The van der Waals surface area contributed by atoms with Gasteiger partial charge in [-0.15, -0.1) is 12.6 Å². The van der Waals surface area contributed by atoms with Crippen molar-refractivity contribution in [2.75, 3.05) is 0 Å². The third-order valence-corrected chi connectivity index (χ3v) is 2.17. The average Bonchev–Trinajstić information content (AvgIpc) is 1.99. The van der Waals surface area contributed by atoms with Crippen molar-refractivity contribution in [3.05, 3.63) is 10.5 Å². The van der Waals surface area contributed by atoms with Crippen molar-refractivity contribution in [2.24, 2.45) is 3.21 Å². The molecule has 58 valence electrons. The molecule has 0 aliphatic rings. The van der Waals surface area contributed by atoms with E-state index in [2.05, 4.69) is 29.7 Å². The van der Waals surface area contributed by atoms with E-state index in [9.17, 15) is 0 Å². The van der Waals surface area contributed by atoms with Gasteiger partial charge in [-0.05, 0) is 23.3 Å². The molecule has 0 atom stereocenters. The van der Waals surface area contributed by atoms with Crippen LogP contribution in [0.25, 0.3) is 0 Å². The monoisotopic (exact) mass is 269 g/mol. The van der Waals surface area contributed by atoms with E-state index in [0.29, 0.717) is 0 Å². The van der Waals surface area contributed by atoms with Gasteiger partial charge in [0.05, 0.1) is 22.9 Å². The third-order valence-electron chi connectivity index (χ3n) is 1.29. The second kappa shape index (κ2) is 6.22. The van der Waals surface area contributed by atoms with Crippen molar-refractivity contribution >= 4 is 41.7 Å². The van der Waals surface area contributed by atoms with Crippen molar-refractivity contribution in [3.63, 3.8) is 0 Å². The normalized spacial score (nSPS) is 14.0. The summed E-state index contributed by atoms with van der Waals surface area (Å²) >= 11 is 6.30. The largest absolute Gasteiger partial charge is 0.223 e. The Kier molecular flexibility index (Phi) is 6.52. The van der Waals surface area contributed by atoms with Crippen LogP contribution >= 0.6 is 35.5 Å². The van der Waals surface area contributed by atoms with Gasteiger partial charge in [-0.25, -0.2) is 3.21 Å². The predicted octanol–water partition coefficient (Wildman–Crippen LogP) is 3.41. The lowest BCUT2D eigenvalue weighted by atomic mass is 10.2. The van der Waals surface area contributed by atoms with E-state index in [1.54, 1.807) is 0 Å². The van der Waals surface area contributed by atoms with Crippen LogP contribution in [0.3, 0.4) is 0 Å². The maximum Gasteiger partial charge on any atom is 0.0831 e. The van der Waals surface area contributed by atoms with Gasteiger partial charge in [0.2, 0.25) is 0 Å². The second-order valence-electron chi connectivity index (χ2n) is 1.91. The first-order chi connectivity index (χ1) is 4.76. The fourth-order valence-electron chi connectivity index (χ4n) is 0.656. The Hall–Kier alpha value is 0.490. The Morgan fingerprint density at radius 2 is 2.10 bits per heavy atom. The minimum Gasteiger partial charge on any atom is -0.223 e. The van der Waals surface area contributed by atoms with Crippen molar-refractivity contribution in [1.29, 1.82) is 0 Å². The number of allylic oxidation sites excluding steroid dienone is 2. The minimum atomic E-state index is 0.995. The van der Waals surface area contributed by atoms with Gasteiger partial charge in [0.1, 0.15) is 0 Å². The molecule has 0 heterocycles. The van der Waals surface area contributed by atoms with E-state index in [0.717, 1.165) is 17.7 Å². The summed E-state index contributed by atoms with van der Waals surface area (Å²) in [5, 5.41) is 0. The van der Waals surface area contributed by atoms with Gasteiger partial charge in [0, 0.05) is 6.21 Å².